The van der Waals surface area contributed by atoms with Gasteiger partial charge >= 0.3 is 11.9 Å². The zero-order valence-corrected chi connectivity index (χ0v) is 14.0. The van der Waals surface area contributed by atoms with Gasteiger partial charge in [-0.25, -0.2) is 9.59 Å². The van der Waals surface area contributed by atoms with Gasteiger partial charge in [0, 0.05) is 11.1 Å². The number of hydrogen-bond acceptors (Lipinski definition) is 5. The van der Waals surface area contributed by atoms with Crippen molar-refractivity contribution >= 4 is 11.9 Å². The molecule has 0 amide bonds. The Labute approximate surface area is 137 Å². The van der Waals surface area contributed by atoms with Crippen LogP contribution in [0.2, 0.25) is 0 Å². The van der Waals surface area contributed by atoms with Gasteiger partial charge < -0.3 is 25.5 Å². The first kappa shape index (κ1) is 26.2. The molecule has 136 valence electrons. The molecule has 23 heavy (non-hydrogen) atoms. The van der Waals surface area contributed by atoms with Crippen molar-refractivity contribution in [3.63, 3.8) is 0 Å². The summed E-state index contributed by atoms with van der Waals surface area (Å²) >= 11 is 0. The molecule has 0 saturated heterocycles. The normalized spacial score (nSPS) is 12.9. The van der Waals surface area contributed by atoms with Crippen LogP contribution in [-0.4, -0.2) is 56.8 Å². The molecule has 1 fully saturated rings. The van der Waals surface area contributed by atoms with Gasteiger partial charge in [0.2, 0.25) is 0 Å². The van der Waals surface area contributed by atoms with Crippen molar-refractivity contribution in [3.05, 3.63) is 24.3 Å². The van der Waals surface area contributed by atoms with E-state index in [1.807, 2.05) is 0 Å². The maximum Gasteiger partial charge on any atom is 0.330 e. The van der Waals surface area contributed by atoms with Gasteiger partial charge in [-0.1, -0.05) is 32.4 Å². The largest absolute Gasteiger partial charge is 0.478 e. The van der Waals surface area contributed by atoms with Gasteiger partial charge in [-0.05, 0) is 26.7 Å². The monoisotopic (exact) mass is 334 g/mol. The molecule has 0 aromatic carbocycles. The van der Waals surface area contributed by atoms with E-state index in [9.17, 15) is 9.59 Å². The Balaban J connectivity index is -0.000000237. The second-order valence-electron chi connectivity index (χ2n) is 4.91. The average Bonchev–Trinajstić information content (AvgIpc) is 2.49. The molecule has 0 spiro atoms. The molecule has 1 aliphatic carbocycles. The highest BCUT2D eigenvalue weighted by atomic mass is 16.4. The predicted octanol–water partition coefficient (Wildman–Crippen LogP) is 1.58. The minimum Gasteiger partial charge on any atom is -0.478 e. The summed E-state index contributed by atoms with van der Waals surface area (Å²) in [7, 11) is 0. The van der Waals surface area contributed by atoms with E-state index in [-0.39, 0.29) is 30.5 Å². The molecule has 1 rings (SSSR count). The topological polar surface area (TPSA) is 135 Å². The van der Waals surface area contributed by atoms with E-state index in [0.29, 0.717) is 0 Å². The molecule has 0 radical (unpaired) electrons. The molecule has 0 aliphatic heterocycles. The Kier molecular flexibility index (Phi) is 20.9. The van der Waals surface area contributed by atoms with Crippen molar-refractivity contribution in [2.24, 2.45) is 0 Å². The number of hydrogen-bond donors (Lipinski definition) is 5. The summed E-state index contributed by atoms with van der Waals surface area (Å²) in [6, 6.07) is 0. The third-order valence-electron chi connectivity index (χ3n) is 2.40. The molecule has 0 bridgehead atoms. The predicted molar refractivity (Wildman–Crippen MR) is 88.2 cm³/mol. The Morgan fingerprint density at radius 3 is 1.22 bits per heavy atom. The quantitative estimate of drug-likeness (QED) is 0.494. The molecule has 0 heterocycles. The Hall–Kier alpha value is -1.70. The Bertz CT molecular complexity index is 294. The van der Waals surface area contributed by atoms with Gasteiger partial charge in [-0.3, -0.25) is 0 Å². The van der Waals surface area contributed by atoms with E-state index < -0.39 is 11.9 Å². The number of aliphatic hydroxyl groups excluding tert-OH is 3. The van der Waals surface area contributed by atoms with Crippen molar-refractivity contribution in [1.82, 2.24) is 0 Å². The molecule has 7 heteroatoms. The number of carboxylic acids is 2. The van der Waals surface area contributed by atoms with Crippen molar-refractivity contribution in [3.8, 4) is 0 Å². The van der Waals surface area contributed by atoms with E-state index in [4.69, 9.17) is 25.5 Å². The van der Waals surface area contributed by atoms with Gasteiger partial charge in [0.15, 0.2) is 0 Å². The molecule has 0 atom stereocenters. The third-order valence-corrected chi connectivity index (χ3v) is 2.40. The molecule has 7 nitrogen and oxygen atoms in total. The standard InChI is InChI=1S/C6H12O.2C4H6O2.C2H6O2/c7-6-4-2-1-3-5-6;2*1-3(2)4(5)6;3-1-2-4/h6-7H,1-5H2;2*1H2,2H3,(H,5,6);3-4H,1-2H2. The first-order valence-electron chi connectivity index (χ1n) is 7.27. The van der Waals surface area contributed by atoms with Crippen LogP contribution in [0, 0.1) is 0 Å². The zero-order chi connectivity index (χ0) is 18.8. The molecule has 1 saturated carbocycles. The molecule has 0 aromatic heterocycles. The van der Waals surface area contributed by atoms with Gasteiger partial charge in [0.1, 0.15) is 0 Å². The summed E-state index contributed by atoms with van der Waals surface area (Å²) in [4.78, 5) is 19.2. The molecule has 1 aliphatic rings. The second-order valence-corrected chi connectivity index (χ2v) is 4.91. The summed E-state index contributed by atoms with van der Waals surface area (Å²) < 4.78 is 0. The lowest BCUT2D eigenvalue weighted by Gasteiger charge is -2.14. The fourth-order valence-electron chi connectivity index (χ4n) is 1.08. The Morgan fingerprint density at radius 1 is 0.870 bits per heavy atom. The first-order valence-corrected chi connectivity index (χ1v) is 7.27. The van der Waals surface area contributed by atoms with Crippen molar-refractivity contribution < 1.29 is 35.1 Å². The van der Waals surface area contributed by atoms with E-state index in [1.54, 1.807) is 0 Å². The van der Waals surface area contributed by atoms with Crippen LogP contribution in [0.5, 0.6) is 0 Å². The second kappa shape index (κ2) is 18.3. The van der Waals surface area contributed by atoms with E-state index in [0.717, 1.165) is 12.8 Å². The number of aliphatic carboxylic acids is 2. The van der Waals surface area contributed by atoms with Crippen molar-refractivity contribution in [1.29, 1.82) is 0 Å². The van der Waals surface area contributed by atoms with Crippen LogP contribution >= 0.6 is 0 Å². The van der Waals surface area contributed by atoms with Gasteiger partial charge in [0.25, 0.3) is 0 Å². The van der Waals surface area contributed by atoms with Crippen molar-refractivity contribution in [2.75, 3.05) is 13.2 Å². The zero-order valence-electron chi connectivity index (χ0n) is 14.0. The number of carboxylic acid groups (broad SMARTS) is 2. The third kappa shape index (κ3) is 29.0. The summed E-state index contributed by atoms with van der Waals surface area (Å²) in [5.41, 5.74) is 0.352. The average molecular weight is 334 g/mol. The van der Waals surface area contributed by atoms with Crippen LogP contribution in [0.1, 0.15) is 46.0 Å². The molecular weight excluding hydrogens is 304 g/mol. The molecule has 0 unspecified atom stereocenters. The fourth-order valence-corrected chi connectivity index (χ4v) is 1.08. The van der Waals surface area contributed by atoms with Gasteiger partial charge in [0.05, 0.1) is 19.3 Å². The minimum atomic E-state index is -0.935. The lowest BCUT2D eigenvalue weighted by molar-refractivity contribution is -0.133. The number of rotatable bonds is 3. The number of aliphatic hydroxyl groups is 3. The minimum absolute atomic E-state index is 0.0359. The summed E-state index contributed by atoms with van der Waals surface area (Å²) in [6.07, 6.45) is 5.92. The lowest BCUT2D eigenvalue weighted by Crippen LogP contribution is -2.09. The van der Waals surface area contributed by atoms with Crippen LogP contribution in [0.4, 0.5) is 0 Å². The van der Waals surface area contributed by atoms with E-state index in [2.05, 4.69) is 13.2 Å². The lowest BCUT2D eigenvalue weighted by atomic mass is 9.98. The van der Waals surface area contributed by atoms with Crippen LogP contribution in [0.3, 0.4) is 0 Å². The highest BCUT2D eigenvalue weighted by molar-refractivity contribution is 5.85. The molecule has 0 aromatic rings. The highest BCUT2D eigenvalue weighted by Gasteiger charge is 2.07. The number of carbonyl (C=O) groups is 2. The maximum absolute atomic E-state index is 9.60. The Morgan fingerprint density at radius 2 is 1.13 bits per heavy atom. The summed E-state index contributed by atoms with van der Waals surface area (Å²) in [5.74, 6) is -1.87. The smallest absolute Gasteiger partial charge is 0.330 e. The molecule has 5 N–H and O–H groups in total. The van der Waals surface area contributed by atoms with Crippen LogP contribution < -0.4 is 0 Å². The van der Waals surface area contributed by atoms with Crippen LogP contribution in [0.25, 0.3) is 0 Å². The van der Waals surface area contributed by atoms with Gasteiger partial charge in [-0.15, -0.1) is 0 Å². The first-order chi connectivity index (χ1) is 10.6. The van der Waals surface area contributed by atoms with Crippen LogP contribution in [0.15, 0.2) is 24.3 Å². The van der Waals surface area contributed by atoms with Crippen molar-refractivity contribution in [2.45, 2.75) is 52.1 Å². The van der Waals surface area contributed by atoms with E-state index in [1.165, 1.54) is 33.1 Å². The highest BCUT2D eigenvalue weighted by Crippen LogP contribution is 2.16. The van der Waals surface area contributed by atoms with Crippen LogP contribution in [-0.2, 0) is 9.59 Å². The summed E-state index contributed by atoms with van der Waals surface area (Å²) in [6.45, 7) is 8.95. The molecular formula is C16H30O7. The van der Waals surface area contributed by atoms with E-state index >= 15 is 0 Å². The maximum atomic E-state index is 9.60. The van der Waals surface area contributed by atoms with Gasteiger partial charge in [-0.2, -0.15) is 0 Å². The fraction of sp³-hybridized carbons (Fsp3) is 0.625. The SMILES string of the molecule is C=C(C)C(=O)O.C=C(C)C(=O)O.OC1CCCCC1.OCCO. The summed E-state index contributed by atoms with van der Waals surface area (Å²) in [5, 5.41) is 39.9.